The van der Waals surface area contributed by atoms with Crippen molar-refractivity contribution in [3.8, 4) is 0 Å². The fourth-order valence-corrected chi connectivity index (χ4v) is 1.63. The van der Waals surface area contributed by atoms with Crippen molar-refractivity contribution in [2.75, 3.05) is 0 Å². The summed E-state index contributed by atoms with van der Waals surface area (Å²) in [5.41, 5.74) is 0.748. The number of benzene rings is 1. The molecule has 0 amide bonds. The molecule has 1 aromatic carbocycles. The molecule has 4 nitrogen and oxygen atoms in total. The second-order valence-electron chi connectivity index (χ2n) is 2.87. The molecule has 0 aliphatic heterocycles. The zero-order valence-electron chi connectivity index (χ0n) is 7.68. The summed E-state index contributed by atoms with van der Waals surface area (Å²) < 4.78 is 30.6. The van der Waals surface area contributed by atoms with Crippen molar-refractivity contribution in [1.29, 1.82) is 0 Å². The summed E-state index contributed by atoms with van der Waals surface area (Å²) in [6, 6.07) is 6.49. The average molecular weight is 245 g/mol. The van der Waals surface area contributed by atoms with Gasteiger partial charge in [-0.2, -0.15) is 8.78 Å². The van der Waals surface area contributed by atoms with Gasteiger partial charge in [-0.3, -0.25) is 0 Å². The number of aromatic nitrogens is 1. The summed E-state index contributed by atoms with van der Waals surface area (Å²) in [7, 11) is 0. The van der Waals surface area contributed by atoms with Gasteiger partial charge in [-0.1, -0.05) is 12.1 Å². The van der Waals surface area contributed by atoms with Crippen LogP contribution in [-0.2, 0) is 4.79 Å². The molecule has 1 heterocycles. The molecule has 7 heteroatoms. The molecular weight excluding hydrogens is 240 g/mol. The van der Waals surface area contributed by atoms with Crippen LogP contribution in [-0.4, -0.2) is 21.3 Å². The number of carbonyl (C=O) groups is 1. The zero-order valence-corrected chi connectivity index (χ0v) is 8.50. The third kappa shape index (κ3) is 1.99. The Bertz CT molecular complexity index is 507. The van der Waals surface area contributed by atoms with Crippen LogP contribution < -0.4 is 0 Å². The number of halogens is 2. The Balaban J connectivity index is 2.32. The van der Waals surface area contributed by atoms with Crippen molar-refractivity contribution in [3.05, 3.63) is 24.3 Å². The van der Waals surface area contributed by atoms with E-state index < -0.39 is 11.2 Å². The molecule has 0 spiro atoms. The number of carboxylic acid groups (broad SMARTS) is 1. The van der Waals surface area contributed by atoms with E-state index in [1.165, 1.54) is 0 Å². The van der Waals surface area contributed by atoms with E-state index in [0.29, 0.717) is 11.1 Å². The Morgan fingerprint density at radius 2 is 2.12 bits per heavy atom. The van der Waals surface area contributed by atoms with Crippen LogP contribution in [0.2, 0.25) is 0 Å². The number of carboxylic acids is 1. The third-order valence-electron chi connectivity index (χ3n) is 1.74. The number of fused-ring (bicyclic) bond motifs is 1. The van der Waals surface area contributed by atoms with Crippen molar-refractivity contribution in [2.24, 2.45) is 0 Å². The van der Waals surface area contributed by atoms with Gasteiger partial charge in [0.1, 0.15) is 5.52 Å². The van der Waals surface area contributed by atoms with Gasteiger partial charge >= 0.3 is 11.2 Å². The normalized spacial score (nSPS) is 11.9. The lowest BCUT2D eigenvalue weighted by Gasteiger charge is -2.05. The quantitative estimate of drug-likeness (QED) is 0.842. The number of aliphatic carboxylic acids is 1. The van der Waals surface area contributed by atoms with Gasteiger partial charge < -0.3 is 9.52 Å². The van der Waals surface area contributed by atoms with Gasteiger partial charge in [-0.05, 0) is 12.1 Å². The molecule has 0 fully saturated rings. The highest BCUT2D eigenvalue weighted by Gasteiger charge is 2.42. The number of para-hydroxylation sites is 2. The van der Waals surface area contributed by atoms with Gasteiger partial charge in [0.05, 0.1) is 0 Å². The van der Waals surface area contributed by atoms with E-state index in [1.54, 1.807) is 24.3 Å². The van der Waals surface area contributed by atoms with Crippen LogP contribution in [0.25, 0.3) is 11.1 Å². The van der Waals surface area contributed by atoms with Crippen molar-refractivity contribution >= 4 is 28.8 Å². The Morgan fingerprint density at radius 1 is 1.44 bits per heavy atom. The fourth-order valence-electron chi connectivity index (χ4n) is 1.05. The Hall–Kier alpha value is -1.63. The lowest BCUT2D eigenvalue weighted by Crippen LogP contribution is -2.23. The van der Waals surface area contributed by atoms with Crippen LogP contribution in [0.4, 0.5) is 8.78 Å². The maximum absolute atomic E-state index is 12.8. The highest BCUT2D eigenvalue weighted by Crippen LogP contribution is 2.36. The minimum atomic E-state index is -3.94. The van der Waals surface area contributed by atoms with Crippen LogP contribution in [0.15, 0.2) is 33.9 Å². The SMILES string of the molecule is O=C(O)C(F)(F)Sc1nc2ccccc2o1. The molecular formula is C9H5F2NO3S. The summed E-state index contributed by atoms with van der Waals surface area (Å²) in [4.78, 5) is 13.9. The predicted octanol–water partition coefficient (Wildman–Crippen LogP) is 2.60. The first-order chi connectivity index (χ1) is 7.49. The number of hydrogen-bond acceptors (Lipinski definition) is 4. The number of alkyl halides is 2. The zero-order chi connectivity index (χ0) is 11.8. The minimum absolute atomic E-state index is 0.231. The van der Waals surface area contributed by atoms with Crippen molar-refractivity contribution in [2.45, 2.75) is 10.5 Å². The van der Waals surface area contributed by atoms with E-state index in [2.05, 4.69) is 4.98 Å². The Kier molecular flexibility index (Phi) is 2.55. The maximum atomic E-state index is 12.8. The third-order valence-corrected chi connectivity index (χ3v) is 2.52. The summed E-state index contributed by atoms with van der Waals surface area (Å²) in [5, 5.41) is 3.93. The van der Waals surface area contributed by atoms with Gasteiger partial charge in [-0.15, -0.1) is 0 Å². The Morgan fingerprint density at radius 3 is 2.75 bits per heavy atom. The van der Waals surface area contributed by atoms with Gasteiger partial charge in [0.15, 0.2) is 5.58 Å². The number of thioether (sulfide) groups is 1. The smallest absolute Gasteiger partial charge is 0.397 e. The van der Waals surface area contributed by atoms with Crippen LogP contribution in [0.5, 0.6) is 0 Å². The molecule has 0 atom stereocenters. The van der Waals surface area contributed by atoms with E-state index in [9.17, 15) is 13.6 Å². The second kappa shape index (κ2) is 3.75. The van der Waals surface area contributed by atoms with E-state index >= 15 is 0 Å². The van der Waals surface area contributed by atoms with E-state index in [0.717, 1.165) is 0 Å². The molecule has 16 heavy (non-hydrogen) atoms. The lowest BCUT2D eigenvalue weighted by atomic mass is 10.3. The minimum Gasteiger partial charge on any atom is -0.476 e. The molecule has 1 N–H and O–H groups in total. The van der Waals surface area contributed by atoms with Crippen molar-refractivity contribution in [1.82, 2.24) is 4.98 Å². The molecule has 2 rings (SSSR count). The van der Waals surface area contributed by atoms with Crippen LogP contribution >= 0.6 is 11.8 Å². The van der Waals surface area contributed by atoms with E-state index in [1.807, 2.05) is 0 Å². The number of hydrogen-bond donors (Lipinski definition) is 1. The molecule has 0 unspecified atom stereocenters. The first kappa shape index (κ1) is 10.9. The summed E-state index contributed by atoms with van der Waals surface area (Å²) in [6.07, 6.45) is 0. The molecule has 0 radical (unpaired) electrons. The first-order valence-corrected chi connectivity index (χ1v) is 4.96. The number of nitrogens with zero attached hydrogens (tertiary/aromatic N) is 1. The number of oxazole rings is 1. The molecule has 0 saturated heterocycles. The largest absolute Gasteiger partial charge is 0.476 e. The first-order valence-electron chi connectivity index (χ1n) is 4.15. The molecule has 0 aliphatic rings. The highest BCUT2D eigenvalue weighted by atomic mass is 32.2. The molecule has 2 aromatic rings. The predicted molar refractivity (Wildman–Crippen MR) is 52.4 cm³/mol. The topological polar surface area (TPSA) is 63.3 Å². The molecule has 0 aliphatic carbocycles. The Labute approximate surface area is 92.3 Å². The van der Waals surface area contributed by atoms with Crippen LogP contribution in [0.3, 0.4) is 0 Å². The van der Waals surface area contributed by atoms with Crippen molar-refractivity contribution in [3.63, 3.8) is 0 Å². The van der Waals surface area contributed by atoms with Crippen molar-refractivity contribution < 1.29 is 23.1 Å². The monoisotopic (exact) mass is 245 g/mol. The van der Waals surface area contributed by atoms with Gasteiger partial charge in [-0.25, -0.2) is 9.78 Å². The lowest BCUT2D eigenvalue weighted by molar-refractivity contribution is -0.153. The average Bonchev–Trinajstić information content (AvgIpc) is 2.58. The molecule has 84 valence electrons. The molecule has 1 aromatic heterocycles. The standard InChI is InChI=1S/C9H5F2NO3S/c10-9(11,7(13)14)16-8-12-5-3-1-2-4-6(5)15-8/h1-4H,(H,13,14). The van der Waals surface area contributed by atoms with Gasteiger partial charge in [0.2, 0.25) is 0 Å². The summed E-state index contributed by atoms with van der Waals surface area (Å²) >= 11 is -0.231. The van der Waals surface area contributed by atoms with Crippen LogP contribution in [0.1, 0.15) is 0 Å². The summed E-state index contributed by atoms with van der Waals surface area (Å²) in [5.74, 6) is -2.22. The molecule has 0 saturated carbocycles. The van der Waals surface area contributed by atoms with Gasteiger partial charge in [0, 0.05) is 11.8 Å². The maximum Gasteiger partial charge on any atom is 0.397 e. The van der Waals surface area contributed by atoms with Gasteiger partial charge in [0.25, 0.3) is 5.22 Å². The number of rotatable bonds is 3. The second-order valence-corrected chi connectivity index (χ2v) is 3.94. The van der Waals surface area contributed by atoms with Crippen LogP contribution in [0, 0.1) is 0 Å². The fraction of sp³-hybridized carbons (Fsp3) is 0.111. The van der Waals surface area contributed by atoms with E-state index in [4.69, 9.17) is 9.52 Å². The molecule has 0 bridgehead atoms. The highest BCUT2D eigenvalue weighted by molar-refractivity contribution is 8.00. The summed E-state index contributed by atoms with van der Waals surface area (Å²) in [6.45, 7) is 0. The van der Waals surface area contributed by atoms with E-state index in [-0.39, 0.29) is 17.0 Å².